The fourth-order valence-corrected chi connectivity index (χ4v) is 1.97. The van der Waals surface area contributed by atoms with Gasteiger partial charge in [-0.1, -0.05) is 12.1 Å². The van der Waals surface area contributed by atoms with E-state index in [1.807, 2.05) is 0 Å². The second-order valence-electron chi connectivity index (χ2n) is 4.41. The highest BCUT2D eigenvalue weighted by molar-refractivity contribution is 5.93. The molecule has 1 amide bonds. The van der Waals surface area contributed by atoms with Gasteiger partial charge >= 0.3 is 6.18 Å². The lowest BCUT2D eigenvalue weighted by atomic mass is 10.1. The molecule has 0 aliphatic carbocycles. The fourth-order valence-electron chi connectivity index (χ4n) is 1.97. The largest absolute Gasteiger partial charge is 0.496 e. The second-order valence-corrected chi connectivity index (χ2v) is 4.41. The van der Waals surface area contributed by atoms with E-state index >= 15 is 0 Å². The van der Waals surface area contributed by atoms with E-state index in [-0.39, 0.29) is 17.9 Å². The third-order valence-corrected chi connectivity index (χ3v) is 2.99. The number of benzene rings is 1. The molecule has 0 atom stereocenters. The Hall–Kier alpha value is -2.57. The predicted octanol–water partition coefficient (Wildman–Crippen LogP) is 3.04. The number of alkyl halides is 3. The van der Waals surface area contributed by atoms with E-state index in [0.717, 1.165) is 6.07 Å². The van der Waals surface area contributed by atoms with Crippen LogP contribution >= 0.6 is 0 Å². The van der Waals surface area contributed by atoms with Crippen molar-refractivity contribution in [1.29, 1.82) is 0 Å². The van der Waals surface area contributed by atoms with Crippen LogP contribution in [0.15, 0.2) is 42.7 Å². The summed E-state index contributed by atoms with van der Waals surface area (Å²) in [5.74, 6) is -0.688. The van der Waals surface area contributed by atoms with Gasteiger partial charge in [0.1, 0.15) is 5.75 Å². The molecule has 0 spiro atoms. The van der Waals surface area contributed by atoms with E-state index in [1.165, 1.54) is 43.8 Å². The molecule has 4 nitrogen and oxygen atoms in total. The summed E-state index contributed by atoms with van der Waals surface area (Å²) in [5.41, 5.74) is -0.244. The Balaban J connectivity index is 2.18. The molecule has 2 aromatic rings. The average molecular weight is 310 g/mol. The molecule has 0 aliphatic rings. The number of pyridine rings is 1. The van der Waals surface area contributed by atoms with Gasteiger partial charge in [-0.25, -0.2) is 0 Å². The number of ether oxygens (including phenoxy) is 1. The lowest BCUT2D eigenvalue weighted by molar-refractivity contribution is -0.138. The van der Waals surface area contributed by atoms with Crippen molar-refractivity contribution in [2.45, 2.75) is 12.7 Å². The standard InChI is InChI=1S/C15H13F3N2O2/c1-22-13-11(3-2-4-12(13)15(16,17)18)9-20-14(21)10-5-7-19-8-6-10/h2-8H,9H2,1H3,(H,20,21). The summed E-state index contributed by atoms with van der Waals surface area (Å²) < 4.78 is 43.6. The van der Waals surface area contributed by atoms with Crippen LogP contribution in [0.25, 0.3) is 0 Å². The first-order chi connectivity index (χ1) is 10.4. The normalized spacial score (nSPS) is 11.1. The van der Waals surface area contributed by atoms with Gasteiger partial charge in [0.15, 0.2) is 0 Å². The zero-order valence-electron chi connectivity index (χ0n) is 11.6. The van der Waals surface area contributed by atoms with Crippen molar-refractivity contribution in [2.24, 2.45) is 0 Å². The van der Waals surface area contributed by atoms with Crippen molar-refractivity contribution in [1.82, 2.24) is 10.3 Å². The number of methoxy groups -OCH3 is 1. The molecule has 0 bridgehead atoms. The summed E-state index contributed by atoms with van der Waals surface area (Å²) in [6, 6.07) is 6.71. The molecule has 1 N–H and O–H groups in total. The molecule has 22 heavy (non-hydrogen) atoms. The summed E-state index contributed by atoms with van der Waals surface area (Å²) in [7, 11) is 1.17. The van der Waals surface area contributed by atoms with Crippen LogP contribution in [0.2, 0.25) is 0 Å². The molecule has 0 fully saturated rings. The molecular formula is C15H13F3N2O2. The smallest absolute Gasteiger partial charge is 0.419 e. The number of carbonyl (C=O) groups excluding carboxylic acids is 1. The van der Waals surface area contributed by atoms with Gasteiger partial charge in [-0.05, 0) is 18.2 Å². The Morgan fingerprint density at radius 2 is 1.91 bits per heavy atom. The molecule has 0 radical (unpaired) electrons. The first kappa shape index (κ1) is 15.8. The van der Waals surface area contributed by atoms with E-state index < -0.39 is 17.6 Å². The minimum Gasteiger partial charge on any atom is -0.496 e. The first-order valence-corrected chi connectivity index (χ1v) is 6.34. The number of amides is 1. The van der Waals surface area contributed by atoms with Gasteiger partial charge in [-0.3, -0.25) is 9.78 Å². The molecule has 0 saturated heterocycles. The number of rotatable bonds is 4. The molecule has 1 heterocycles. The van der Waals surface area contributed by atoms with Crippen molar-refractivity contribution >= 4 is 5.91 Å². The second kappa shape index (κ2) is 6.46. The highest BCUT2D eigenvalue weighted by atomic mass is 19.4. The third-order valence-electron chi connectivity index (χ3n) is 2.99. The van der Waals surface area contributed by atoms with Crippen LogP contribution < -0.4 is 10.1 Å². The minimum absolute atomic E-state index is 0.0751. The van der Waals surface area contributed by atoms with Gasteiger partial charge < -0.3 is 10.1 Å². The fraction of sp³-hybridized carbons (Fsp3) is 0.200. The van der Waals surface area contributed by atoms with Gasteiger partial charge in [0.25, 0.3) is 5.91 Å². The van der Waals surface area contributed by atoms with Crippen LogP contribution in [0.5, 0.6) is 5.75 Å². The van der Waals surface area contributed by atoms with Crippen LogP contribution in [0.4, 0.5) is 13.2 Å². The monoisotopic (exact) mass is 310 g/mol. The zero-order chi connectivity index (χ0) is 16.2. The van der Waals surface area contributed by atoms with Gasteiger partial charge in [0, 0.05) is 30.1 Å². The maximum absolute atomic E-state index is 12.9. The van der Waals surface area contributed by atoms with Crippen molar-refractivity contribution in [3.8, 4) is 5.75 Å². The lowest BCUT2D eigenvalue weighted by Crippen LogP contribution is -2.23. The summed E-state index contributed by atoms with van der Waals surface area (Å²) in [6.07, 6.45) is -1.60. The Kier molecular flexibility index (Phi) is 4.65. The SMILES string of the molecule is COc1c(CNC(=O)c2ccncc2)cccc1C(F)(F)F. The Morgan fingerprint density at radius 3 is 2.50 bits per heavy atom. The Labute approximate surface area is 124 Å². The van der Waals surface area contributed by atoms with E-state index in [2.05, 4.69) is 10.3 Å². The number of hydrogen-bond acceptors (Lipinski definition) is 3. The highest BCUT2D eigenvalue weighted by Gasteiger charge is 2.35. The van der Waals surface area contributed by atoms with E-state index in [1.54, 1.807) is 0 Å². The maximum atomic E-state index is 12.9. The summed E-state index contributed by atoms with van der Waals surface area (Å²) in [5, 5.41) is 2.55. The maximum Gasteiger partial charge on any atom is 0.419 e. The number of para-hydroxylation sites is 1. The van der Waals surface area contributed by atoms with Crippen molar-refractivity contribution in [3.63, 3.8) is 0 Å². The minimum atomic E-state index is -4.52. The lowest BCUT2D eigenvalue weighted by Gasteiger charge is -2.16. The molecule has 2 rings (SSSR count). The quantitative estimate of drug-likeness (QED) is 0.944. The van der Waals surface area contributed by atoms with Gasteiger partial charge in [-0.2, -0.15) is 13.2 Å². The van der Waals surface area contributed by atoms with Crippen molar-refractivity contribution in [2.75, 3.05) is 7.11 Å². The molecule has 116 valence electrons. The van der Waals surface area contributed by atoms with Crippen molar-refractivity contribution in [3.05, 3.63) is 59.4 Å². The third kappa shape index (κ3) is 3.55. The topological polar surface area (TPSA) is 51.2 Å². The van der Waals surface area contributed by atoms with E-state index in [9.17, 15) is 18.0 Å². The van der Waals surface area contributed by atoms with Crippen molar-refractivity contribution < 1.29 is 22.7 Å². The van der Waals surface area contributed by atoms with Gasteiger partial charge in [0.2, 0.25) is 0 Å². The van der Waals surface area contributed by atoms with Crippen LogP contribution in [0, 0.1) is 0 Å². The van der Waals surface area contributed by atoms with Crippen LogP contribution in [0.3, 0.4) is 0 Å². The molecule has 1 aromatic heterocycles. The van der Waals surface area contributed by atoms with E-state index in [0.29, 0.717) is 5.56 Å². The summed E-state index contributed by atoms with van der Waals surface area (Å²) in [6.45, 7) is -0.0751. The average Bonchev–Trinajstić information content (AvgIpc) is 2.52. The van der Waals surface area contributed by atoms with Gasteiger partial charge in [0.05, 0.1) is 12.7 Å². The first-order valence-electron chi connectivity index (χ1n) is 6.34. The molecule has 0 saturated carbocycles. The molecule has 0 unspecified atom stereocenters. The number of carbonyl (C=O) groups is 1. The van der Waals surface area contributed by atoms with E-state index in [4.69, 9.17) is 4.74 Å². The summed E-state index contributed by atoms with van der Waals surface area (Å²) in [4.78, 5) is 15.7. The number of nitrogens with zero attached hydrogens (tertiary/aromatic N) is 1. The highest BCUT2D eigenvalue weighted by Crippen LogP contribution is 2.37. The Bertz CT molecular complexity index is 658. The molecule has 1 aromatic carbocycles. The number of halogens is 3. The number of nitrogens with one attached hydrogen (secondary N) is 1. The predicted molar refractivity (Wildman–Crippen MR) is 73.4 cm³/mol. The van der Waals surface area contributed by atoms with Gasteiger partial charge in [-0.15, -0.1) is 0 Å². The number of hydrogen-bond donors (Lipinski definition) is 1. The molecular weight excluding hydrogens is 297 g/mol. The van der Waals surface area contributed by atoms with Crippen LogP contribution in [-0.4, -0.2) is 18.0 Å². The Morgan fingerprint density at radius 1 is 1.23 bits per heavy atom. The van der Waals surface area contributed by atoms with Crippen LogP contribution in [0.1, 0.15) is 21.5 Å². The molecule has 7 heteroatoms. The molecule has 0 aliphatic heterocycles. The zero-order valence-corrected chi connectivity index (χ0v) is 11.6. The number of aromatic nitrogens is 1. The summed E-state index contributed by atoms with van der Waals surface area (Å²) >= 11 is 0. The van der Waals surface area contributed by atoms with Crippen LogP contribution in [-0.2, 0) is 12.7 Å².